The van der Waals surface area contributed by atoms with Gasteiger partial charge in [-0.1, -0.05) is 41.4 Å². The molecule has 6 heteroatoms. The van der Waals surface area contributed by atoms with Crippen molar-refractivity contribution in [3.05, 3.63) is 97.6 Å². The first-order valence-corrected chi connectivity index (χ1v) is 8.30. The van der Waals surface area contributed by atoms with Crippen molar-refractivity contribution in [2.24, 2.45) is 0 Å². The van der Waals surface area contributed by atoms with Crippen LogP contribution in [0.1, 0.15) is 16.7 Å². The molecule has 3 rings (SSSR count). The molecule has 1 N–H and O–H groups in total. The van der Waals surface area contributed by atoms with Crippen LogP contribution in [0.2, 0.25) is 10.0 Å². The highest BCUT2D eigenvalue weighted by Crippen LogP contribution is 2.24. The number of rotatable bonds is 4. The summed E-state index contributed by atoms with van der Waals surface area (Å²) in [5.41, 5.74) is 0.711. The van der Waals surface area contributed by atoms with Crippen LogP contribution in [-0.2, 0) is 13.0 Å². The minimum atomic E-state index is -0.517. The number of pyridine rings is 1. The lowest BCUT2D eigenvalue weighted by atomic mass is 10.0. The van der Waals surface area contributed by atoms with Gasteiger partial charge < -0.3 is 9.67 Å². The maximum Gasteiger partial charge on any atom is 0.258 e. The Labute approximate surface area is 153 Å². The van der Waals surface area contributed by atoms with Crippen LogP contribution in [0, 0.1) is 5.82 Å². The van der Waals surface area contributed by atoms with Crippen LogP contribution < -0.4 is 5.56 Å². The van der Waals surface area contributed by atoms with E-state index >= 15 is 0 Å². The molecule has 0 saturated carbocycles. The third-order valence-electron chi connectivity index (χ3n) is 3.90. The van der Waals surface area contributed by atoms with E-state index in [2.05, 4.69) is 0 Å². The smallest absolute Gasteiger partial charge is 0.258 e. The lowest BCUT2D eigenvalue weighted by Gasteiger charge is -2.11. The normalized spacial score (nSPS) is 10.8. The predicted octanol–water partition coefficient (Wildman–Crippen LogP) is 4.64. The van der Waals surface area contributed by atoms with Crippen LogP contribution in [0.3, 0.4) is 0 Å². The van der Waals surface area contributed by atoms with Gasteiger partial charge in [-0.05, 0) is 35.9 Å². The first-order chi connectivity index (χ1) is 12.0. The molecule has 0 spiro atoms. The molecule has 0 fully saturated rings. The van der Waals surface area contributed by atoms with E-state index in [1.807, 2.05) is 6.07 Å². The highest BCUT2D eigenvalue weighted by atomic mass is 35.5. The standard InChI is InChI=1S/C19H14Cl2FNO2/c20-13-4-1-3-12(9-13)11-23-8-7-18(24)15(19(23)25)10-14-16(21)5-2-6-17(14)22/h1-9,24H,10-11H2. The summed E-state index contributed by atoms with van der Waals surface area (Å²) in [4.78, 5) is 12.7. The molecule has 128 valence electrons. The molecule has 1 aromatic heterocycles. The van der Waals surface area contributed by atoms with E-state index in [9.17, 15) is 14.3 Å². The number of nitrogens with zero attached hydrogens (tertiary/aromatic N) is 1. The van der Waals surface area contributed by atoms with Gasteiger partial charge in [0.15, 0.2) is 0 Å². The zero-order valence-electron chi connectivity index (χ0n) is 13.0. The number of benzene rings is 2. The monoisotopic (exact) mass is 377 g/mol. The molecule has 0 atom stereocenters. The third kappa shape index (κ3) is 3.86. The quantitative estimate of drug-likeness (QED) is 0.719. The largest absolute Gasteiger partial charge is 0.507 e. The third-order valence-corrected chi connectivity index (χ3v) is 4.49. The summed E-state index contributed by atoms with van der Waals surface area (Å²) >= 11 is 12.0. The SMILES string of the molecule is O=c1c(Cc2c(F)cccc2Cl)c(O)ccn1Cc1cccc(Cl)c1. The topological polar surface area (TPSA) is 42.2 Å². The van der Waals surface area contributed by atoms with Crippen molar-refractivity contribution in [3.63, 3.8) is 0 Å². The van der Waals surface area contributed by atoms with E-state index in [-0.39, 0.29) is 34.9 Å². The zero-order valence-corrected chi connectivity index (χ0v) is 14.6. The van der Waals surface area contributed by atoms with Crippen LogP contribution in [0.4, 0.5) is 4.39 Å². The molecule has 0 aliphatic rings. The fourth-order valence-electron chi connectivity index (χ4n) is 2.61. The number of hydrogen-bond acceptors (Lipinski definition) is 2. The van der Waals surface area contributed by atoms with Gasteiger partial charge in [0.2, 0.25) is 0 Å². The van der Waals surface area contributed by atoms with Crippen LogP contribution in [0.5, 0.6) is 5.75 Å². The highest BCUT2D eigenvalue weighted by molar-refractivity contribution is 6.31. The van der Waals surface area contributed by atoms with Crippen LogP contribution >= 0.6 is 23.2 Å². The Hall–Kier alpha value is -2.30. The number of aromatic hydroxyl groups is 1. The minimum absolute atomic E-state index is 0.0907. The Morgan fingerprint density at radius 2 is 1.80 bits per heavy atom. The Morgan fingerprint density at radius 1 is 1.04 bits per heavy atom. The maximum absolute atomic E-state index is 14.0. The van der Waals surface area contributed by atoms with Gasteiger partial charge in [-0.3, -0.25) is 4.79 Å². The molecule has 0 aliphatic heterocycles. The van der Waals surface area contributed by atoms with E-state index in [0.717, 1.165) is 5.56 Å². The fraction of sp³-hybridized carbons (Fsp3) is 0.105. The van der Waals surface area contributed by atoms with Crippen molar-refractivity contribution in [2.45, 2.75) is 13.0 Å². The van der Waals surface area contributed by atoms with Crippen molar-refractivity contribution >= 4 is 23.2 Å². The van der Waals surface area contributed by atoms with Crippen molar-refractivity contribution < 1.29 is 9.50 Å². The van der Waals surface area contributed by atoms with Crippen LogP contribution in [0.25, 0.3) is 0 Å². The van der Waals surface area contributed by atoms with Gasteiger partial charge in [0, 0.05) is 28.2 Å². The highest BCUT2D eigenvalue weighted by Gasteiger charge is 2.15. The Balaban J connectivity index is 1.99. The first-order valence-electron chi connectivity index (χ1n) is 7.54. The van der Waals surface area contributed by atoms with Gasteiger partial charge in [-0.15, -0.1) is 0 Å². The molecule has 0 unspecified atom stereocenters. The summed E-state index contributed by atoms with van der Waals surface area (Å²) in [7, 11) is 0. The van der Waals surface area contributed by atoms with Gasteiger partial charge in [0.1, 0.15) is 11.6 Å². The summed E-state index contributed by atoms with van der Waals surface area (Å²) in [5, 5.41) is 10.9. The molecule has 1 heterocycles. The van der Waals surface area contributed by atoms with Gasteiger partial charge in [-0.25, -0.2) is 4.39 Å². The molecule has 0 aliphatic carbocycles. The molecule has 2 aromatic carbocycles. The van der Waals surface area contributed by atoms with Crippen LogP contribution in [-0.4, -0.2) is 9.67 Å². The molecule has 25 heavy (non-hydrogen) atoms. The lowest BCUT2D eigenvalue weighted by molar-refractivity contribution is 0.464. The van der Waals surface area contributed by atoms with Gasteiger partial charge in [0.25, 0.3) is 5.56 Å². The van der Waals surface area contributed by atoms with Crippen molar-refractivity contribution in [1.29, 1.82) is 0 Å². The summed E-state index contributed by atoms with van der Waals surface area (Å²) in [6.45, 7) is 0.289. The van der Waals surface area contributed by atoms with Gasteiger partial charge >= 0.3 is 0 Å². The fourth-order valence-corrected chi connectivity index (χ4v) is 3.06. The maximum atomic E-state index is 14.0. The second-order valence-electron chi connectivity index (χ2n) is 5.62. The molecule has 3 aromatic rings. The second kappa shape index (κ2) is 7.30. The molecule has 0 saturated heterocycles. The predicted molar refractivity (Wildman–Crippen MR) is 97.1 cm³/mol. The summed E-state index contributed by atoms with van der Waals surface area (Å²) in [6, 6.07) is 12.9. The minimum Gasteiger partial charge on any atom is -0.507 e. The van der Waals surface area contributed by atoms with Gasteiger partial charge in [-0.2, -0.15) is 0 Å². The van der Waals surface area contributed by atoms with Crippen molar-refractivity contribution in [3.8, 4) is 5.75 Å². The van der Waals surface area contributed by atoms with Gasteiger partial charge in [0.05, 0.1) is 12.1 Å². The average Bonchev–Trinajstić information content (AvgIpc) is 2.56. The molecule has 0 radical (unpaired) electrons. The Morgan fingerprint density at radius 3 is 2.52 bits per heavy atom. The van der Waals surface area contributed by atoms with Crippen molar-refractivity contribution in [1.82, 2.24) is 4.57 Å². The molecule has 0 amide bonds. The van der Waals surface area contributed by atoms with E-state index < -0.39 is 11.4 Å². The molecular formula is C19H14Cl2FNO2. The molecule has 3 nitrogen and oxygen atoms in total. The summed E-state index contributed by atoms with van der Waals surface area (Å²) < 4.78 is 15.4. The second-order valence-corrected chi connectivity index (χ2v) is 6.46. The molecular weight excluding hydrogens is 364 g/mol. The lowest BCUT2D eigenvalue weighted by Crippen LogP contribution is -2.24. The number of hydrogen-bond donors (Lipinski definition) is 1. The van der Waals surface area contributed by atoms with E-state index in [0.29, 0.717) is 5.02 Å². The molecule has 0 bridgehead atoms. The summed E-state index contributed by atoms with van der Waals surface area (Å²) in [6.07, 6.45) is 1.40. The number of aromatic nitrogens is 1. The van der Waals surface area contributed by atoms with E-state index in [1.165, 1.54) is 29.0 Å². The Bertz CT molecular complexity index is 965. The van der Waals surface area contributed by atoms with Crippen LogP contribution in [0.15, 0.2) is 59.5 Å². The zero-order chi connectivity index (χ0) is 18.0. The van der Waals surface area contributed by atoms with Crippen molar-refractivity contribution in [2.75, 3.05) is 0 Å². The first kappa shape index (κ1) is 17.5. The van der Waals surface area contributed by atoms with E-state index in [4.69, 9.17) is 23.2 Å². The van der Waals surface area contributed by atoms with E-state index in [1.54, 1.807) is 24.3 Å². The Kier molecular flexibility index (Phi) is 5.11. The number of halogens is 3. The average molecular weight is 378 g/mol. The summed E-state index contributed by atoms with van der Waals surface area (Å²) in [5.74, 6) is -0.705.